The van der Waals surface area contributed by atoms with Gasteiger partial charge in [-0.1, -0.05) is 6.07 Å². The molecule has 2 rings (SSSR count). The van der Waals surface area contributed by atoms with Crippen molar-refractivity contribution in [1.82, 2.24) is 20.0 Å². The van der Waals surface area contributed by atoms with Crippen LogP contribution in [0.25, 0.3) is 0 Å². The van der Waals surface area contributed by atoms with Gasteiger partial charge < -0.3 is 15.1 Å². The maximum absolute atomic E-state index is 11.7. The standard InChI is InChI=1S/C15H25N5OS/c1-16-15(17-11-14(21)18(2)3)20-8-6-19(7-9-20)12-13-5-4-10-22-13/h4-5,10H,6-9,11-12H2,1-3H3,(H,16,17). The van der Waals surface area contributed by atoms with Crippen molar-refractivity contribution < 1.29 is 4.79 Å². The number of nitrogens with zero attached hydrogens (tertiary/aromatic N) is 4. The normalized spacial score (nSPS) is 16.7. The number of aliphatic imine (C=N–C) groups is 1. The molecule has 22 heavy (non-hydrogen) atoms. The van der Waals surface area contributed by atoms with Crippen LogP contribution in [0, 0.1) is 0 Å². The highest BCUT2D eigenvalue weighted by molar-refractivity contribution is 7.09. The van der Waals surface area contributed by atoms with Gasteiger partial charge in [-0.3, -0.25) is 14.7 Å². The average molecular weight is 323 g/mol. The van der Waals surface area contributed by atoms with Gasteiger partial charge in [0, 0.05) is 58.7 Å². The van der Waals surface area contributed by atoms with Crippen LogP contribution in [0.5, 0.6) is 0 Å². The van der Waals surface area contributed by atoms with Gasteiger partial charge in [-0.25, -0.2) is 0 Å². The van der Waals surface area contributed by atoms with Gasteiger partial charge >= 0.3 is 0 Å². The predicted octanol–water partition coefficient (Wildman–Crippen LogP) is 0.529. The quantitative estimate of drug-likeness (QED) is 0.649. The van der Waals surface area contributed by atoms with E-state index in [1.54, 1.807) is 26.0 Å². The molecule has 0 aliphatic carbocycles. The molecule has 1 aliphatic rings. The maximum Gasteiger partial charge on any atom is 0.241 e. The van der Waals surface area contributed by atoms with Gasteiger partial charge in [0.05, 0.1) is 6.54 Å². The predicted molar refractivity (Wildman–Crippen MR) is 91.2 cm³/mol. The average Bonchev–Trinajstić information content (AvgIpc) is 3.02. The van der Waals surface area contributed by atoms with E-state index in [0.717, 1.165) is 38.7 Å². The number of nitrogens with one attached hydrogen (secondary N) is 1. The Morgan fingerprint density at radius 3 is 2.64 bits per heavy atom. The minimum Gasteiger partial charge on any atom is -0.347 e. The van der Waals surface area contributed by atoms with Crippen molar-refractivity contribution in [1.29, 1.82) is 0 Å². The lowest BCUT2D eigenvalue weighted by Gasteiger charge is -2.36. The summed E-state index contributed by atoms with van der Waals surface area (Å²) in [5, 5.41) is 5.27. The summed E-state index contributed by atoms with van der Waals surface area (Å²) in [5.41, 5.74) is 0. The van der Waals surface area contributed by atoms with Crippen LogP contribution >= 0.6 is 11.3 Å². The molecule has 7 heteroatoms. The van der Waals surface area contributed by atoms with Crippen molar-refractivity contribution in [3.05, 3.63) is 22.4 Å². The monoisotopic (exact) mass is 323 g/mol. The number of rotatable bonds is 4. The lowest BCUT2D eigenvalue weighted by molar-refractivity contribution is -0.127. The molecule has 0 spiro atoms. The molecule has 6 nitrogen and oxygen atoms in total. The van der Waals surface area contributed by atoms with Crippen molar-refractivity contribution in [2.75, 3.05) is 53.9 Å². The third kappa shape index (κ3) is 4.71. The number of piperazine rings is 1. The maximum atomic E-state index is 11.7. The van der Waals surface area contributed by atoms with Gasteiger partial charge in [0.1, 0.15) is 0 Å². The molecule has 1 aromatic heterocycles. The van der Waals surface area contributed by atoms with E-state index >= 15 is 0 Å². The minimum atomic E-state index is 0.0532. The summed E-state index contributed by atoms with van der Waals surface area (Å²) in [6.45, 7) is 5.20. The Hall–Kier alpha value is -1.60. The Morgan fingerprint density at radius 2 is 2.09 bits per heavy atom. The van der Waals surface area contributed by atoms with E-state index in [9.17, 15) is 4.79 Å². The topological polar surface area (TPSA) is 51.2 Å². The van der Waals surface area contributed by atoms with Gasteiger partial charge in [-0.15, -0.1) is 11.3 Å². The summed E-state index contributed by atoms with van der Waals surface area (Å²) in [6, 6.07) is 4.29. The highest BCUT2D eigenvalue weighted by atomic mass is 32.1. The zero-order valence-electron chi connectivity index (χ0n) is 13.6. The van der Waals surface area contributed by atoms with Crippen LogP contribution in [0.1, 0.15) is 4.88 Å². The summed E-state index contributed by atoms with van der Waals surface area (Å²) in [5.74, 6) is 0.864. The van der Waals surface area contributed by atoms with Gasteiger partial charge in [0.15, 0.2) is 5.96 Å². The second-order valence-electron chi connectivity index (χ2n) is 5.53. The molecule has 1 N–H and O–H groups in total. The van der Waals surface area contributed by atoms with E-state index in [4.69, 9.17) is 0 Å². The lowest BCUT2D eigenvalue weighted by atomic mass is 10.3. The van der Waals surface area contributed by atoms with Gasteiger partial charge in [-0.05, 0) is 11.4 Å². The molecule has 0 aromatic carbocycles. The highest BCUT2D eigenvalue weighted by Gasteiger charge is 2.20. The van der Waals surface area contributed by atoms with Crippen LogP contribution < -0.4 is 5.32 Å². The molecule has 0 radical (unpaired) electrons. The van der Waals surface area contributed by atoms with E-state index < -0.39 is 0 Å². The van der Waals surface area contributed by atoms with Gasteiger partial charge in [-0.2, -0.15) is 0 Å². The zero-order chi connectivity index (χ0) is 15.9. The Balaban J connectivity index is 1.78. The van der Waals surface area contributed by atoms with Crippen molar-refractivity contribution in [3.63, 3.8) is 0 Å². The molecule has 1 saturated heterocycles. The van der Waals surface area contributed by atoms with Crippen LogP contribution in [-0.4, -0.2) is 80.4 Å². The Kier molecular flexibility index (Phi) is 6.21. The fourth-order valence-electron chi connectivity index (χ4n) is 2.39. The highest BCUT2D eigenvalue weighted by Crippen LogP contribution is 2.13. The zero-order valence-corrected chi connectivity index (χ0v) is 14.4. The Bertz CT molecular complexity index is 492. The summed E-state index contributed by atoms with van der Waals surface area (Å²) < 4.78 is 0. The number of carbonyl (C=O) groups excluding carboxylic acids is 1. The second kappa shape index (κ2) is 8.14. The van der Waals surface area contributed by atoms with Crippen molar-refractivity contribution in [2.45, 2.75) is 6.54 Å². The number of likely N-dealkylation sites (N-methyl/N-ethyl adjacent to an activating group) is 1. The summed E-state index contributed by atoms with van der Waals surface area (Å²) in [4.78, 5) is 23.6. The molecular formula is C15H25N5OS. The van der Waals surface area contributed by atoms with E-state index in [1.165, 1.54) is 4.88 Å². The molecule has 122 valence electrons. The summed E-state index contributed by atoms with van der Waals surface area (Å²) in [6.07, 6.45) is 0. The van der Waals surface area contributed by atoms with Crippen molar-refractivity contribution in [2.24, 2.45) is 4.99 Å². The molecule has 1 amide bonds. The number of thiophene rings is 1. The first-order valence-corrected chi connectivity index (χ1v) is 8.38. The first-order valence-electron chi connectivity index (χ1n) is 7.50. The lowest BCUT2D eigenvalue weighted by Crippen LogP contribution is -2.53. The number of carbonyl (C=O) groups is 1. The molecule has 0 bridgehead atoms. The Labute approximate surface area is 136 Å². The molecule has 1 fully saturated rings. The molecule has 0 saturated carbocycles. The fourth-order valence-corrected chi connectivity index (χ4v) is 3.13. The van der Waals surface area contributed by atoms with Crippen LogP contribution in [0.3, 0.4) is 0 Å². The number of hydrogen-bond donors (Lipinski definition) is 1. The first-order chi connectivity index (χ1) is 10.6. The third-order valence-corrected chi connectivity index (χ3v) is 4.60. The van der Waals surface area contributed by atoms with Crippen LogP contribution in [0.2, 0.25) is 0 Å². The molecule has 1 aromatic rings. The fraction of sp³-hybridized carbons (Fsp3) is 0.600. The van der Waals surface area contributed by atoms with Crippen molar-refractivity contribution >= 4 is 23.2 Å². The van der Waals surface area contributed by atoms with E-state index in [2.05, 4.69) is 37.6 Å². The molecule has 2 heterocycles. The minimum absolute atomic E-state index is 0.0532. The number of hydrogen-bond acceptors (Lipinski definition) is 4. The van der Waals surface area contributed by atoms with Crippen molar-refractivity contribution in [3.8, 4) is 0 Å². The smallest absolute Gasteiger partial charge is 0.241 e. The molecular weight excluding hydrogens is 298 g/mol. The largest absolute Gasteiger partial charge is 0.347 e. The summed E-state index contributed by atoms with van der Waals surface area (Å²) in [7, 11) is 5.28. The third-order valence-electron chi connectivity index (χ3n) is 3.74. The van der Waals surface area contributed by atoms with E-state index in [1.807, 2.05) is 11.3 Å². The summed E-state index contributed by atoms with van der Waals surface area (Å²) >= 11 is 1.81. The van der Waals surface area contributed by atoms with Crippen LogP contribution in [0.4, 0.5) is 0 Å². The first kappa shape index (κ1) is 16.8. The van der Waals surface area contributed by atoms with Crippen LogP contribution in [-0.2, 0) is 11.3 Å². The van der Waals surface area contributed by atoms with E-state index in [0.29, 0.717) is 0 Å². The number of guanidine groups is 1. The molecule has 1 aliphatic heterocycles. The second-order valence-corrected chi connectivity index (χ2v) is 6.56. The van der Waals surface area contributed by atoms with Gasteiger partial charge in [0.25, 0.3) is 0 Å². The number of amides is 1. The van der Waals surface area contributed by atoms with E-state index in [-0.39, 0.29) is 12.5 Å². The van der Waals surface area contributed by atoms with Crippen LogP contribution in [0.15, 0.2) is 22.5 Å². The Morgan fingerprint density at radius 1 is 1.36 bits per heavy atom. The molecule has 0 atom stereocenters. The van der Waals surface area contributed by atoms with Gasteiger partial charge in [0.2, 0.25) is 5.91 Å². The molecule has 0 unspecified atom stereocenters. The SMILES string of the molecule is CN=C(NCC(=O)N(C)C)N1CCN(Cc2cccs2)CC1.